The van der Waals surface area contributed by atoms with Crippen LogP contribution >= 0.6 is 11.8 Å². The van der Waals surface area contributed by atoms with Crippen LogP contribution in [0.4, 0.5) is 0 Å². The molecule has 1 aliphatic heterocycles. The van der Waals surface area contributed by atoms with Crippen LogP contribution in [0.5, 0.6) is 0 Å². The molecule has 0 atom stereocenters. The average Bonchev–Trinajstić information content (AvgIpc) is 2.66. The lowest BCUT2D eigenvalue weighted by Gasteiger charge is -2.05. The molecule has 56 valence electrons. The Balaban J connectivity index is 2.30. The minimum absolute atomic E-state index is 0.426. The van der Waals surface area contributed by atoms with Gasteiger partial charge in [-0.2, -0.15) is 0 Å². The summed E-state index contributed by atoms with van der Waals surface area (Å²) in [6, 6.07) is 0. The van der Waals surface area contributed by atoms with E-state index in [4.69, 9.17) is 5.11 Å². The molecule has 0 unspecified atom stereocenters. The van der Waals surface area contributed by atoms with Crippen molar-refractivity contribution in [2.45, 2.75) is 6.92 Å². The fourth-order valence-corrected chi connectivity index (χ4v) is 1.93. The molecule has 0 aromatic heterocycles. The van der Waals surface area contributed by atoms with Gasteiger partial charge in [-0.3, -0.25) is 0 Å². The van der Waals surface area contributed by atoms with Gasteiger partial charge in [-0.05, 0) is 35.1 Å². The largest absolute Gasteiger partial charge is 0.477 e. The fourth-order valence-electron chi connectivity index (χ4n) is 1.04. The summed E-state index contributed by atoms with van der Waals surface area (Å²) >= 11 is 1.33. The summed E-state index contributed by atoms with van der Waals surface area (Å²) in [5.74, 6) is -0.832. The van der Waals surface area contributed by atoms with Gasteiger partial charge >= 0.3 is 5.97 Å². The maximum atomic E-state index is 10.5. The van der Waals surface area contributed by atoms with Gasteiger partial charge in [-0.15, -0.1) is 0 Å². The molecule has 2 nitrogen and oxygen atoms in total. The molecule has 3 heteroatoms. The number of carboxylic acids is 1. The molecule has 0 radical (unpaired) electrons. The number of rotatable bonds is 1. The first kappa shape index (κ1) is 6.73. The molecule has 1 N–H and O–H groups in total. The summed E-state index contributed by atoms with van der Waals surface area (Å²) in [7, 11) is 0. The maximum absolute atomic E-state index is 10.5. The van der Waals surface area contributed by atoms with E-state index in [-0.39, 0.29) is 0 Å². The minimum atomic E-state index is -0.832. The number of fused-ring (bicyclic) bond motifs is 1. The van der Waals surface area contributed by atoms with Gasteiger partial charge in [0.25, 0.3) is 0 Å². The zero-order valence-corrected chi connectivity index (χ0v) is 6.73. The molecular formula is C8H6O2S. The number of allylic oxidation sites excluding steroid dienone is 5. The number of carboxylic acid groups (broad SMARTS) is 1. The van der Waals surface area contributed by atoms with Gasteiger partial charge < -0.3 is 5.11 Å². The summed E-state index contributed by atoms with van der Waals surface area (Å²) in [6.07, 6.45) is 3.72. The molecule has 1 heterocycles. The van der Waals surface area contributed by atoms with Crippen LogP contribution in [0, 0.1) is 0 Å². The highest BCUT2D eigenvalue weighted by atomic mass is 32.2. The van der Waals surface area contributed by atoms with Crippen LogP contribution in [0.1, 0.15) is 6.92 Å². The molecule has 0 fully saturated rings. The van der Waals surface area contributed by atoms with E-state index in [2.05, 4.69) is 0 Å². The van der Waals surface area contributed by atoms with E-state index in [0.717, 1.165) is 10.5 Å². The zero-order valence-electron chi connectivity index (χ0n) is 5.92. The zero-order chi connectivity index (χ0) is 8.01. The second-order valence-corrected chi connectivity index (χ2v) is 3.74. The van der Waals surface area contributed by atoms with Crippen LogP contribution in [-0.4, -0.2) is 11.1 Å². The van der Waals surface area contributed by atoms with Crippen molar-refractivity contribution in [1.82, 2.24) is 0 Å². The Kier molecular flexibility index (Phi) is 1.23. The Labute approximate surface area is 68.3 Å². The van der Waals surface area contributed by atoms with Gasteiger partial charge in [0.1, 0.15) is 0 Å². The summed E-state index contributed by atoms with van der Waals surface area (Å²) in [6.45, 7) is 1.94. The van der Waals surface area contributed by atoms with Gasteiger partial charge in [0.05, 0.1) is 4.91 Å². The standard InChI is InChI=1S/C8H6O2S/c1-4-6-2-5(6)3-7(11-4)8(9)10/h2-3H,1H3,(H,9,10). The fraction of sp³-hybridized carbons (Fsp3) is 0.125. The Hall–Kier alpha value is -0.960. The van der Waals surface area contributed by atoms with Crippen molar-refractivity contribution in [3.05, 3.63) is 33.1 Å². The lowest BCUT2D eigenvalue weighted by atomic mass is 10.3. The summed E-state index contributed by atoms with van der Waals surface area (Å²) in [5.41, 5.74) is 2.30. The molecule has 11 heavy (non-hydrogen) atoms. The third-order valence-electron chi connectivity index (χ3n) is 1.67. The quantitative estimate of drug-likeness (QED) is 0.646. The predicted octanol–water partition coefficient (Wildman–Crippen LogP) is 1.92. The molecule has 0 aromatic rings. The number of hydrogen-bond acceptors (Lipinski definition) is 2. The average molecular weight is 166 g/mol. The number of carbonyl (C=O) groups is 1. The van der Waals surface area contributed by atoms with Crippen LogP contribution in [0.2, 0.25) is 0 Å². The molecule has 2 aliphatic rings. The first-order chi connectivity index (χ1) is 5.18. The molecule has 0 aromatic carbocycles. The van der Waals surface area contributed by atoms with Crippen molar-refractivity contribution < 1.29 is 9.90 Å². The van der Waals surface area contributed by atoms with Crippen molar-refractivity contribution in [3.63, 3.8) is 0 Å². The molecule has 2 rings (SSSR count). The van der Waals surface area contributed by atoms with Crippen LogP contribution in [0.25, 0.3) is 0 Å². The lowest BCUT2D eigenvalue weighted by Crippen LogP contribution is -1.98. The maximum Gasteiger partial charge on any atom is 0.342 e. The third kappa shape index (κ3) is 1.01. The molecule has 0 saturated heterocycles. The van der Waals surface area contributed by atoms with E-state index in [1.54, 1.807) is 6.08 Å². The molecular weight excluding hydrogens is 160 g/mol. The summed E-state index contributed by atoms with van der Waals surface area (Å²) in [4.78, 5) is 12.0. The van der Waals surface area contributed by atoms with Crippen molar-refractivity contribution in [2.75, 3.05) is 0 Å². The van der Waals surface area contributed by atoms with Gasteiger partial charge in [-0.25, -0.2) is 4.79 Å². The van der Waals surface area contributed by atoms with E-state index >= 15 is 0 Å². The predicted molar refractivity (Wildman–Crippen MR) is 44.1 cm³/mol. The third-order valence-corrected chi connectivity index (χ3v) is 2.71. The number of aliphatic carboxylic acids is 1. The molecule has 0 saturated carbocycles. The van der Waals surface area contributed by atoms with Crippen molar-refractivity contribution >= 4 is 17.7 Å². The van der Waals surface area contributed by atoms with Crippen LogP contribution in [0.3, 0.4) is 0 Å². The van der Waals surface area contributed by atoms with Crippen LogP contribution < -0.4 is 0 Å². The smallest absolute Gasteiger partial charge is 0.342 e. The Morgan fingerprint density at radius 2 is 2.27 bits per heavy atom. The number of thioether (sulfide) groups is 1. The van der Waals surface area contributed by atoms with Crippen molar-refractivity contribution in [2.24, 2.45) is 0 Å². The molecule has 0 amide bonds. The van der Waals surface area contributed by atoms with Crippen LogP contribution in [-0.2, 0) is 4.79 Å². The highest BCUT2D eigenvalue weighted by molar-refractivity contribution is 8.07. The van der Waals surface area contributed by atoms with E-state index in [0.29, 0.717) is 4.91 Å². The first-order valence-corrected chi connectivity index (χ1v) is 4.06. The Morgan fingerprint density at radius 1 is 1.55 bits per heavy atom. The molecule has 0 bridgehead atoms. The molecule has 1 aliphatic carbocycles. The van der Waals surface area contributed by atoms with Gasteiger partial charge in [0.2, 0.25) is 0 Å². The molecule has 0 spiro atoms. The minimum Gasteiger partial charge on any atom is -0.477 e. The van der Waals surface area contributed by atoms with Crippen molar-refractivity contribution in [1.29, 1.82) is 0 Å². The number of hydrogen-bond donors (Lipinski definition) is 1. The second-order valence-electron chi connectivity index (χ2n) is 2.49. The topological polar surface area (TPSA) is 37.3 Å². The monoisotopic (exact) mass is 166 g/mol. The lowest BCUT2D eigenvalue weighted by molar-refractivity contribution is -0.131. The van der Waals surface area contributed by atoms with Gasteiger partial charge in [0.15, 0.2) is 0 Å². The summed E-state index contributed by atoms with van der Waals surface area (Å²) < 4.78 is 0. The highest BCUT2D eigenvalue weighted by Gasteiger charge is 2.25. The van der Waals surface area contributed by atoms with E-state index < -0.39 is 5.97 Å². The normalized spacial score (nSPS) is 20.5. The Morgan fingerprint density at radius 3 is 2.82 bits per heavy atom. The van der Waals surface area contributed by atoms with Gasteiger partial charge in [0, 0.05) is 0 Å². The SMILES string of the molecule is CC1=C2C=C2C=C(C(=O)O)S1. The second kappa shape index (κ2) is 2.01. The van der Waals surface area contributed by atoms with E-state index in [9.17, 15) is 4.79 Å². The van der Waals surface area contributed by atoms with E-state index in [1.807, 2.05) is 13.0 Å². The van der Waals surface area contributed by atoms with Crippen LogP contribution in [0.15, 0.2) is 33.1 Å². The van der Waals surface area contributed by atoms with E-state index in [1.165, 1.54) is 17.3 Å². The highest BCUT2D eigenvalue weighted by Crippen LogP contribution is 2.45. The van der Waals surface area contributed by atoms with Crippen molar-refractivity contribution in [3.8, 4) is 0 Å². The Bertz CT molecular complexity index is 334. The van der Waals surface area contributed by atoms with Gasteiger partial charge in [-0.1, -0.05) is 11.8 Å². The summed E-state index contributed by atoms with van der Waals surface area (Å²) in [5, 5.41) is 8.65. The first-order valence-electron chi connectivity index (χ1n) is 3.24.